The van der Waals surface area contributed by atoms with E-state index in [0.29, 0.717) is 36.2 Å². The van der Waals surface area contributed by atoms with Gasteiger partial charge in [-0.25, -0.2) is 0 Å². The average molecular weight is 427 g/mol. The number of aromatic amines is 1. The maximum Gasteiger partial charge on any atom is 0.261 e. The van der Waals surface area contributed by atoms with E-state index < -0.39 is 0 Å². The average Bonchev–Trinajstić information content (AvgIpc) is 3.40. The molecular weight excluding hydrogens is 408 g/mol. The molecular formula is C20H19ClN6OS. The maximum atomic E-state index is 12.2. The molecule has 7 nitrogen and oxygen atoms in total. The van der Waals surface area contributed by atoms with Crippen molar-refractivity contribution < 1.29 is 4.79 Å². The van der Waals surface area contributed by atoms with E-state index >= 15 is 0 Å². The molecule has 0 spiro atoms. The van der Waals surface area contributed by atoms with E-state index in [4.69, 9.17) is 11.6 Å². The summed E-state index contributed by atoms with van der Waals surface area (Å²) in [6, 6.07) is 9.54. The summed E-state index contributed by atoms with van der Waals surface area (Å²) < 4.78 is 0. The van der Waals surface area contributed by atoms with Gasteiger partial charge < -0.3 is 5.32 Å². The van der Waals surface area contributed by atoms with Crippen LogP contribution in [0.3, 0.4) is 0 Å². The third-order valence-electron chi connectivity index (χ3n) is 4.46. The summed E-state index contributed by atoms with van der Waals surface area (Å²) in [7, 11) is 0. The summed E-state index contributed by atoms with van der Waals surface area (Å²) in [6.07, 6.45) is 5.28. The maximum absolute atomic E-state index is 12.2. The first-order chi connectivity index (χ1) is 14.2. The van der Waals surface area contributed by atoms with E-state index in [-0.39, 0.29) is 5.91 Å². The molecule has 0 aromatic carbocycles. The summed E-state index contributed by atoms with van der Waals surface area (Å²) in [4.78, 5) is 23.8. The largest absolute Gasteiger partial charge is 0.350 e. The van der Waals surface area contributed by atoms with Crippen LogP contribution in [0.4, 0.5) is 0 Å². The number of carbonyl (C=O) groups is 1. The molecule has 4 rings (SSSR count). The molecule has 148 valence electrons. The highest BCUT2D eigenvalue weighted by Gasteiger charge is 2.14. The van der Waals surface area contributed by atoms with Crippen molar-refractivity contribution in [1.82, 2.24) is 30.4 Å². The van der Waals surface area contributed by atoms with Gasteiger partial charge in [0.05, 0.1) is 16.0 Å². The van der Waals surface area contributed by atoms with E-state index in [2.05, 4.69) is 30.4 Å². The van der Waals surface area contributed by atoms with Gasteiger partial charge in [-0.1, -0.05) is 23.7 Å². The zero-order valence-corrected chi connectivity index (χ0v) is 17.1. The number of pyridine rings is 2. The van der Waals surface area contributed by atoms with Gasteiger partial charge in [0.15, 0.2) is 0 Å². The lowest BCUT2D eigenvalue weighted by Crippen LogP contribution is -2.34. The Labute approximate surface area is 176 Å². The normalized spacial score (nSPS) is 11.2. The molecule has 0 fully saturated rings. The number of halogens is 1. The molecule has 0 aliphatic heterocycles. The number of fused-ring (bicyclic) bond motifs is 1. The predicted molar refractivity (Wildman–Crippen MR) is 114 cm³/mol. The lowest BCUT2D eigenvalue weighted by molar-refractivity contribution is 0.0951. The third kappa shape index (κ3) is 4.79. The molecule has 4 aromatic rings. The Balaban J connectivity index is 1.47. The molecule has 4 aromatic heterocycles. The van der Waals surface area contributed by atoms with Gasteiger partial charge in [-0.15, -0.1) is 11.3 Å². The number of thiophene rings is 1. The smallest absolute Gasteiger partial charge is 0.261 e. The van der Waals surface area contributed by atoms with Crippen LogP contribution in [-0.4, -0.2) is 44.1 Å². The second-order valence-electron chi connectivity index (χ2n) is 6.50. The van der Waals surface area contributed by atoms with Crippen LogP contribution in [0, 0.1) is 0 Å². The number of carbonyl (C=O) groups excluding carboxylic acids is 1. The molecule has 0 aliphatic carbocycles. The minimum absolute atomic E-state index is 0.0550. The van der Waals surface area contributed by atoms with Crippen molar-refractivity contribution in [3.8, 4) is 0 Å². The second-order valence-corrected chi connectivity index (χ2v) is 7.82. The fourth-order valence-electron chi connectivity index (χ4n) is 3.07. The number of hydrogen-bond donors (Lipinski definition) is 2. The van der Waals surface area contributed by atoms with Crippen molar-refractivity contribution in [3.05, 3.63) is 75.6 Å². The first kappa shape index (κ1) is 19.5. The molecule has 0 saturated heterocycles. The molecule has 29 heavy (non-hydrogen) atoms. The van der Waals surface area contributed by atoms with Crippen LogP contribution in [-0.2, 0) is 13.1 Å². The van der Waals surface area contributed by atoms with Crippen molar-refractivity contribution in [3.63, 3.8) is 0 Å². The van der Waals surface area contributed by atoms with Crippen molar-refractivity contribution in [2.24, 2.45) is 0 Å². The monoisotopic (exact) mass is 426 g/mol. The summed E-state index contributed by atoms with van der Waals surface area (Å²) in [5.74, 6) is -0.0550. The quantitative estimate of drug-likeness (QED) is 0.450. The highest BCUT2D eigenvalue weighted by molar-refractivity contribution is 7.12. The highest BCUT2D eigenvalue weighted by atomic mass is 35.5. The van der Waals surface area contributed by atoms with Crippen molar-refractivity contribution in [1.29, 1.82) is 0 Å². The van der Waals surface area contributed by atoms with Crippen LogP contribution in [0.5, 0.6) is 0 Å². The van der Waals surface area contributed by atoms with Crippen LogP contribution in [0.25, 0.3) is 10.9 Å². The minimum atomic E-state index is -0.0550. The van der Waals surface area contributed by atoms with Crippen molar-refractivity contribution in [2.45, 2.75) is 13.1 Å². The molecule has 0 atom stereocenters. The fourth-order valence-corrected chi connectivity index (χ4v) is 3.89. The number of nitrogens with zero attached hydrogens (tertiary/aromatic N) is 4. The number of nitrogens with one attached hydrogen (secondary N) is 2. The van der Waals surface area contributed by atoms with E-state index in [1.54, 1.807) is 18.6 Å². The van der Waals surface area contributed by atoms with Crippen LogP contribution in [0.15, 0.2) is 54.3 Å². The van der Waals surface area contributed by atoms with Gasteiger partial charge in [-0.05, 0) is 23.6 Å². The standard InChI is InChI=1S/C20H19ClN6OS/c21-19-16-11-22-10-14(18(16)25-26-19)12-27(13-15-4-1-2-6-23-15)8-7-24-20(28)17-5-3-9-29-17/h1-6,9-11H,7-8,12-13H2,(H,24,28)(H,25,26). The topological polar surface area (TPSA) is 86.8 Å². The lowest BCUT2D eigenvalue weighted by Gasteiger charge is -2.22. The predicted octanol–water partition coefficient (Wildman–Crippen LogP) is 3.50. The summed E-state index contributed by atoms with van der Waals surface area (Å²) in [5, 5.41) is 13.3. The Morgan fingerprint density at radius 3 is 2.93 bits per heavy atom. The molecule has 0 saturated carbocycles. The highest BCUT2D eigenvalue weighted by Crippen LogP contribution is 2.23. The van der Waals surface area contributed by atoms with Crippen LogP contribution >= 0.6 is 22.9 Å². The zero-order chi connectivity index (χ0) is 20.1. The number of H-pyrrole nitrogens is 1. The van der Waals surface area contributed by atoms with Crippen LogP contribution in [0.2, 0.25) is 5.15 Å². The van der Waals surface area contributed by atoms with E-state index in [1.165, 1.54) is 11.3 Å². The molecule has 0 unspecified atom stereocenters. The van der Waals surface area contributed by atoms with Gasteiger partial charge in [0.25, 0.3) is 5.91 Å². The van der Waals surface area contributed by atoms with E-state index in [0.717, 1.165) is 22.2 Å². The molecule has 1 amide bonds. The number of hydrogen-bond acceptors (Lipinski definition) is 6. The van der Waals surface area contributed by atoms with E-state index in [9.17, 15) is 4.79 Å². The van der Waals surface area contributed by atoms with Gasteiger partial charge >= 0.3 is 0 Å². The Hall–Kier alpha value is -2.81. The fraction of sp³-hybridized carbons (Fsp3) is 0.200. The molecule has 0 aliphatic rings. The van der Waals surface area contributed by atoms with Gasteiger partial charge in [0.2, 0.25) is 0 Å². The Bertz CT molecular complexity index is 1080. The molecule has 2 N–H and O–H groups in total. The second kappa shape index (κ2) is 9.13. The van der Waals surface area contributed by atoms with Gasteiger partial charge in [-0.2, -0.15) is 5.10 Å². The SMILES string of the molecule is O=C(NCCN(Cc1ccccn1)Cc1cncc2c(Cl)[nH]nc12)c1cccs1. The van der Waals surface area contributed by atoms with Crippen LogP contribution < -0.4 is 5.32 Å². The Kier molecular flexibility index (Phi) is 6.14. The van der Waals surface area contributed by atoms with Gasteiger partial charge in [-0.3, -0.25) is 24.8 Å². The molecule has 0 radical (unpaired) electrons. The Morgan fingerprint density at radius 1 is 1.21 bits per heavy atom. The first-order valence-electron chi connectivity index (χ1n) is 9.11. The van der Waals surface area contributed by atoms with Crippen molar-refractivity contribution >= 4 is 39.7 Å². The zero-order valence-electron chi connectivity index (χ0n) is 15.5. The number of aromatic nitrogens is 4. The lowest BCUT2D eigenvalue weighted by atomic mass is 10.2. The Morgan fingerprint density at radius 2 is 2.14 bits per heavy atom. The minimum Gasteiger partial charge on any atom is -0.350 e. The number of rotatable bonds is 8. The summed E-state index contributed by atoms with van der Waals surface area (Å²) in [6.45, 7) is 2.43. The number of amides is 1. The van der Waals surface area contributed by atoms with Gasteiger partial charge in [0.1, 0.15) is 10.7 Å². The first-order valence-corrected chi connectivity index (χ1v) is 10.4. The van der Waals surface area contributed by atoms with Gasteiger partial charge in [0, 0.05) is 50.3 Å². The summed E-state index contributed by atoms with van der Waals surface area (Å²) >= 11 is 7.58. The molecule has 0 bridgehead atoms. The summed E-state index contributed by atoms with van der Waals surface area (Å²) in [5.41, 5.74) is 2.72. The van der Waals surface area contributed by atoms with E-state index in [1.807, 2.05) is 35.7 Å². The molecule has 9 heteroatoms. The van der Waals surface area contributed by atoms with Crippen LogP contribution in [0.1, 0.15) is 20.9 Å². The third-order valence-corrected chi connectivity index (χ3v) is 5.62. The van der Waals surface area contributed by atoms with Crippen molar-refractivity contribution in [2.75, 3.05) is 13.1 Å². The molecule has 4 heterocycles.